The summed E-state index contributed by atoms with van der Waals surface area (Å²) in [6.45, 7) is 8.73. The Morgan fingerprint density at radius 3 is 2.58 bits per heavy atom. The van der Waals surface area contributed by atoms with Gasteiger partial charge < -0.3 is 15.0 Å². The molecular weight excluding hydrogens is 444 g/mol. The third-order valence-corrected chi connectivity index (χ3v) is 6.67. The zero-order chi connectivity index (χ0) is 24.1. The number of carbonyl (C=O) groups excluding carboxylic acids is 1. The van der Waals surface area contributed by atoms with Crippen LogP contribution in [0.25, 0.3) is 0 Å². The zero-order valence-corrected chi connectivity index (χ0v) is 20.5. The highest BCUT2D eigenvalue weighted by molar-refractivity contribution is 7.89. The molecule has 1 atom stereocenters. The van der Waals surface area contributed by atoms with Gasteiger partial charge in [0, 0.05) is 0 Å². The molecule has 10 nitrogen and oxygen atoms in total. The Morgan fingerprint density at radius 1 is 1.18 bits per heavy atom. The van der Waals surface area contributed by atoms with E-state index < -0.39 is 22.2 Å². The van der Waals surface area contributed by atoms with Crippen molar-refractivity contribution in [3.63, 3.8) is 0 Å². The highest BCUT2D eigenvalue weighted by Gasteiger charge is 2.23. The van der Waals surface area contributed by atoms with Gasteiger partial charge in [-0.2, -0.15) is 5.10 Å². The summed E-state index contributed by atoms with van der Waals surface area (Å²) in [5, 5.41) is 9.55. The normalized spacial score (nSPS) is 12.6. The molecule has 0 fully saturated rings. The summed E-state index contributed by atoms with van der Waals surface area (Å²) in [5.41, 5.74) is 1.10. The molecule has 2 rings (SSSR count). The molecule has 0 saturated heterocycles. The summed E-state index contributed by atoms with van der Waals surface area (Å²) in [7, 11) is -3.53. The van der Waals surface area contributed by atoms with E-state index in [-0.39, 0.29) is 18.9 Å². The van der Waals surface area contributed by atoms with Crippen LogP contribution in [0.4, 0.5) is 4.79 Å². The lowest BCUT2D eigenvalue weighted by atomic mass is 10.1. The second kappa shape index (κ2) is 13.9. The van der Waals surface area contributed by atoms with E-state index >= 15 is 0 Å². The first-order chi connectivity index (χ1) is 15.9. The molecule has 3 N–H and O–H groups in total. The smallest absolute Gasteiger partial charge is 0.407 e. The number of ether oxygens (including phenoxy) is 1. The van der Waals surface area contributed by atoms with Crippen molar-refractivity contribution in [2.75, 3.05) is 32.0 Å². The first kappa shape index (κ1) is 26.7. The van der Waals surface area contributed by atoms with Gasteiger partial charge in [0.05, 0.1) is 24.9 Å². The topological polar surface area (TPSA) is 129 Å². The molecule has 1 amide bonds. The molecule has 1 aromatic carbocycles. The zero-order valence-electron chi connectivity index (χ0n) is 19.7. The van der Waals surface area contributed by atoms with E-state index in [2.05, 4.69) is 44.0 Å². The Bertz CT molecular complexity index is 931. The van der Waals surface area contributed by atoms with Crippen LogP contribution in [0.15, 0.2) is 30.3 Å². The number of nitrogens with one attached hydrogen (secondary N) is 3. The number of aryl methyl sites for hydroxylation is 1. The van der Waals surface area contributed by atoms with E-state index in [4.69, 9.17) is 4.74 Å². The lowest BCUT2D eigenvalue weighted by Crippen LogP contribution is -2.33. The molecule has 11 heteroatoms. The number of hydrogen-bond acceptors (Lipinski definition) is 7. The standard InChI is InChI=1S/C22H36N6O4S/c1-4-28(5-2)15-10-16-33(30,31)27-19(14-13-18-11-8-7-9-12-18)21-24-20(25-26-21)17-23-22(29)32-6-3/h7-9,11-12,19,27H,4-6,10,13-17H2,1-3H3,(H,23,29)(H,24,25,26)/t19-/m1/s1. The SMILES string of the molecule is CCOC(=O)NCc1nc([C@@H](CCc2ccccc2)NS(=O)(=O)CCCN(CC)CC)n[nH]1. The molecule has 0 aliphatic carbocycles. The molecule has 1 heterocycles. The number of aromatic nitrogens is 3. The molecule has 2 aromatic rings. The lowest BCUT2D eigenvalue weighted by molar-refractivity contribution is 0.151. The molecule has 0 spiro atoms. The van der Waals surface area contributed by atoms with Crippen molar-refractivity contribution in [1.29, 1.82) is 0 Å². The summed E-state index contributed by atoms with van der Waals surface area (Å²) >= 11 is 0. The number of rotatable bonds is 15. The number of hydrogen-bond donors (Lipinski definition) is 3. The van der Waals surface area contributed by atoms with Gasteiger partial charge in [0.15, 0.2) is 5.82 Å². The second-order valence-electron chi connectivity index (χ2n) is 7.61. The van der Waals surface area contributed by atoms with Gasteiger partial charge in [0.25, 0.3) is 0 Å². The number of benzene rings is 1. The molecule has 184 valence electrons. The molecule has 0 saturated carbocycles. The average Bonchev–Trinajstić information content (AvgIpc) is 3.28. The molecule has 0 bridgehead atoms. The van der Waals surface area contributed by atoms with Crippen molar-refractivity contribution in [2.45, 2.75) is 52.6 Å². The van der Waals surface area contributed by atoms with Gasteiger partial charge >= 0.3 is 6.09 Å². The Kier molecular flexibility index (Phi) is 11.3. The number of alkyl carbamates (subject to hydrolysis) is 1. The maximum Gasteiger partial charge on any atom is 0.407 e. The van der Waals surface area contributed by atoms with Crippen LogP contribution in [0.2, 0.25) is 0 Å². The fourth-order valence-corrected chi connectivity index (χ4v) is 4.66. The van der Waals surface area contributed by atoms with Crippen molar-refractivity contribution in [3.8, 4) is 0 Å². The predicted octanol–water partition coefficient (Wildman–Crippen LogP) is 2.38. The largest absolute Gasteiger partial charge is 0.450 e. The minimum Gasteiger partial charge on any atom is -0.450 e. The number of nitrogens with zero attached hydrogens (tertiary/aromatic N) is 3. The monoisotopic (exact) mass is 480 g/mol. The van der Waals surface area contributed by atoms with Gasteiger partial charge in [-0.15, -0.1) is 0 Å². The highest BCUT2D eigenvalue weighted by atomic mass is 32.2. The first-order valence-corrected chi connectivity index (χ1v) is 13.1. The third-order valence-electron chi connectivity index (χ3n) is 5.20. The fourth-order valence-electron chi connectivity index (χ4n) is 3.37. The maximum absolute atomic E-state index is 12.8. The summed E-state index contributed by atoms with van der Waals surface area (Å²) < 4.78 is 33.2. The van der Waals surface area contributed by atoms with Gasteiger partial charge in [-0.05, 0) is 51.4 Å². The fraction of sp³-hybridized carbons (Fsp3) is 0.591. The van der Waals surface area contributed by atoms with Gasteiger partial charge in [-0.1, -0.05) is 44.2 Å². The average molecular weight is 481 g/mol. The van der Waals surface area contributed by atoms with E-state index in [0.29, 0.717) is 30.9 Å². The first-order valence-electron chi connectivity index (χ1n) is 11.4. The van der Waals surface area contributed by atoms with Gasteiger partial charge in [0.1, 0.15) is 5.82 Å². The Balaban J connectivity index is 2.05. The number of aromatic amines is 1. The summed E-state index contributed by atoms with van der Waals surface area (Å²) in [4.78, 5) is 18.1. The van der Waals surface area contributed by atoms with Crippen LogP contribution in [0.5, 0.6) is 0 Å². The minimum absolute atomic E-state index is 0.0348. The Labute approximate surface area is 196 Å². The van der Waals surface area contributed by atoms with Crippen LogP contribution in [-0.2, 0) is 27.7 Å². The van der Waals surface area contributed by atoms with Crippen molar-refractivity contribution in [2.24, 2.45) is 0 Å². The lowest BCUT2D eigenvalue weighted by Gasteiger charge is -2.19. The van der Waals surface area contributed by atoms with Crippen LogP contribution in [-0.4, -0.2) is 66.6 Å². The predicted molar refractivity (Wildman–Crippen MR) is 127 cm³/mol. The van der Waals surface area contributed by atoms with Crippen LogP contribution in [0.1, 0.15) is 56.9 Å². The van der Waals surface area contributed by atoms with Crippen LogP contribution < -0.4 is 10.0 Å². The van der Waals surface area contributed by atoms with Crippen molar-refractivity contribution in [3.05, 3.63) is 47.5 Å². The number of carbonyl (C=O) groups is 1. The number of sulfonamides is 1. The highest BCUT2D eigenvalue weighted by Crippen LogP contribution is 2.18. The van der Waals surface area contributed by atoms with Gasteiger partial charge in [0.2, 0.25) is 10.0 Å². The molecule has 0 radical (unpaired) electrons. The second-order valence-corrected chi connectivity index (χ2v) is 9.48. The molecule has 0 aliphatic rings. The van der Waals surface area contributed by atoms with E-state index in [1.54, 1.807) is 6.92 Å². The number of amides is 1. The molecule has 1 aromatic heterocycles. The summed E-state index contributed by atoms with van der Waals surface area (Å²) in [6.07, 6.45) is 1.16. The molecular formula is C22H36N6O4S. The summed E-state index contributed by atoms with van der Waals surface area (Å²) in [5.74, 6) is 0.801. The van der Waals surface area contributed by atoms with E-state index in [1.165, 1.54) is 0 Å². The van der Waals surface area contributed by atoms with E-state index in [0.717, 1.165) is 25.2 Å². The van der Waals surface area contributed by atoms with Gasteiger partial charge in [-0.3, -0.25) is 5.10 Å². The maximum atomic E-state index is 12.8. The Hall–Kier alpha value is -2.50. The van der Waals surface area contributed by atoms with Crippen molar-refractivity contribution < 1.29 is 17.9 Å². The Morgan fingerprint density at radius 2 is 1.91 bits per heavy atom. The van der Waals surface area contributed by atoms with Crippen LogP contribution in [0, 0.1) is 0 Å². The molecule has 0 aliphatic heterocycles. The number of H-pyrrole nitrogens is 1. The van der Waals surface area contributed by atoms with Gasteiger partial charge in [-0.25, -0.2) is 22.9 Å². The molecule has 0 unspecified atom stereocenters. The minimum atomic E-state index is -3.53. The summed E-state index contributed by atoms with van der Waals surface area (Å²) in [6, 6.07) is 9.26. The quantitative estimate of drug-likeness (QED) is 0.357. The van der Waals surface area contributed by atoms with E-state index in [1.807, 2.05) is 30.3 Å². The van der Waals surface area contributed by atoms with Crippen molar-refractivity contribution >= 4 is 16.1 Å². The van der Waals surface area contributed by atoms with Crippen molar-refractivity contribution in [1.82, 2.24) is 30.1 Å². The van der Waals surface area contributed by atoms with Crippen LogP contribution in [0.3, 0.4) is 0 Å². The van der Waals surface area contributed by atoms with E-state index in [9.17, 15) is 13.2 Å². The molecule has 33 heavy (non-hydrogen) atoms. The van der Waals surface area contributed by atoms with Crippen LogP contribution >= 0.6 is 0 Å². The third kappa shape index (κ3) is 9.89.